The van der Waals surface area contributed by atoms with E-state index < -0.39 is 0 Å². The second-order valence-electron chi connectivity index (χ2n) is 9.50. The van der Waals surface area contributed by atoms with E-state index in [1.165, 1.54) is 4.88 Å². The molecule has 1 aliphatic rings. The number of thiophene rings is 1. The lowest BCUT2D eigenvalue weighted by Gasteiger charge is -2.37. The number of rotatable bonds is 11. The zero-order chi connectivity index (χ0) is 24.7. The van der Waals surface area contributed by atoms with E-state index in [0.29, 0.717) is 43.5 Å². The van der Waals surface area contributed by atoms with Crippen molar-refractivity contribution in [2.24, 2.45) is 11.8 Å². The predicted molar refractivity (Wildman–Crippen MR) is 136 cm³/mol. The van der Waals surface area contributed by atoms with Crippen molar-refractivity contribution >= 4 is 23.2 Å². The normalized spacial score (nSPS) is 16.2. The van der Waals surface area contributed by atoms with E-state index >= 15 is 0 Å². The zero-order valence-corrected chi connectivity index (χ0v) is 21.9. The van der Waals surface area contributed by atoms with Crippen molar-refractivity contribution in [3.8, 4) is 11.5 Å². The quantitative estimate of drug-likeness (QED) is 0.439. The van der Waals surface area contributed by atoms with Gasteiger partial charge in [0, 0.05) is 24.4 Å². The molecule has 0 radical (unpaired) electrons. The molecule has 6 nitrogen and oxygen atoms in total. The molecule has 186 valence electrons. The second kappa shape index (κ2) is 12.2. The smallest absolute Gasteiger partial charge is 0.242 e. The first-order valence-electron chi connectivity index (χ1n) is 12.2. The molecule has 7 heteroatoms. The summed E-state index contributed by atoms with van der Waals surface area (Å²) in [5, 5.41) is 2.08. The van der Waals surface area contributed by atoms with E-state index in [1.54, 1.807) is 23.3 Å². The summed E-state index contributed by atoms with van der Waals surface area (Å²) in [5.74, 6) is 1.96. The molecule has 0 saturated carbocycles. The fourth-order valence-electron chi connectivity index (χ4n) is 4.27. The molecule has 3 rings (SSSR count). The van der Waals surface area contributed by atoms with Crippen LogP contribution in [0.15, 0.2) is 35.7 Å². The lowest BCUT2D eigenvalue weighted by atomic mass is 10.00. The Morgan fingerprint density at radius 3 is 2.59 bits per heavy atom. The van der Waals surface area contributed by atoms with Gasteiger partial charge in [0.25, 0.3) is 0 Å². The lowest BCUT2D eigenvalue weighted by Crippen LogP contribution is -2.48. The van der Waals surface area contributed by atoms with Crippen LogP contribution in [-0.2, 0) is 16.0 Å². The highest BCUT2D eigenvalue weighted by atomic mass is 32.1. The first kappa shape index (κ1) is 26.1. The summed E-state index contributed by atoms with van der Waals surface area (Å²) in [5.41, 5.74) is 1.14. The average Bonchev–Trinajstić information content (AvgIpc) is 3.30. The van der Waals surface area contributed by atoms with Crippen LogP contribution in [-0.4, -0.2) is 55.0 Å². The number of methoxy groups -OCH3 is 1. The number of nitrogens with zero attached hydrogens (tertiary/aromatic N) is 2. The van der Waals surface area contributed by atoms with Crippen LogP contribution in [0.1, 0.15) is 57.0 Å². The fraction of sp³-hybridized carbons (Fsp3) is 0.556. The van der Waals surface area contributed by atoms with Crippen LogP contribution in [0.25, 0.3) is 0 Å². The van der Waals surface area contributed by atoms with E-state index in [0.717, 1.165) is 18.4 Å². The Kier molecular flexibility index (Phi) is 9.39. The monoisotopic (exact) mass is 486 g/mol. The van der Waals surface area contributed by atoms with Crippen molar-refractivity contribution in [2.75, 3.05) is 33.4 Å². The van der Waals surface area contributed by atoms with Crippen LogP contribution in [0, 0.1) is 11.8 Å². The Bertz CT molecular complexity index is 958. The van der Waals surface area contributed by atoms with Crippen LogP contribution in [0.4, 0.5) is 0 Å². The maximum Gasteiger partial charge on any atom is 0.242 e. The number of fused-ring (bicyclic) bond motifs is 1. The summed E-state index contributed by atoms with van der Waals surface area (Å²) in [4.78, 5) is 31.5. The molecule has 2 heterocycles. The Morgan fingerprint density at radius 1 is 1.18 bits per heavy atom. The molecular weight excluding hydrogens is 448 g/mol. The molecule has 0 fully saturated rings. The van der Waals surface area contributed by atoms with E-state index in [4.69, 9.17) is 9.47 Å². The number of ether oxygens (including phenoxy) is 2. The van der Waals surface area contributed by atoms with Crippen LogP contribution in [0.2, 0.25) is 0 Å². The van der Waals surface area contributed by atoms with Gasteiger partial charge in [0.15, 0.2) is 11.5 Å². The lowest BCUT2D eigenvalue weighted by molar-refractivity contribution is -0.143. The Hall–Kier alpha value is -2.54. The highest BCUT2D eigenvalue weighted by Gasteiger charge is 2.34. The molecule has 1 aromatic heterocycles. The van der Waals surface area contributed by atoms with Gasteiger partial charge in [0.1, 0.15) is 6.61 Å². The largest absolute Gasteiger partial charge is 0.493 e. The third-order valence-corrected chi connectivity index (χ3v) is 7.37. The van der Waals surface area contributed by atoms with Gasteiger partial charge in [0.05, 0.1) is 19.7 Å². The van der Waals surface area contributed by atoms with Gasteiger partial charge < -0.3 is 19.3 Å². The second-order valence-corrected chi connectivity index (χ2v) is 10.5. The summed E-state index contributed by atoms with van der Waals surface area (Å²) in [6, 6.07) is 9.45. The topological polar surface area (TPSA) is 59.1 Å². The van der Waals surface area contributed by atoms with Crippen molar-refractivity contribution in [3.05, 3.63) is 46.2 Å². The van der Waals surface area contributed by atoms with Gasteiger partial charge in [-0.2, -0.15) is 0 Å². The molecule has 1 aliphatic heterocycles. The van der Waals surface area contributed by atoms with Gasteiger partial charge in [-0.25, -0.2) is 0 Å². The van der Waals surface area contributed by atoms with Crippen molar-refractivity contribution in [1.82, 2.24) is 9.80 Å². The molecule has 2 aromatic rings. The molecule has 0 unspecified atom stereocenters. The van der Waals surface area contributed by atoms with Gasteiger partial charge >= 0.3 is 0 Å². The van der Waals surface area contributed by atoms with E-state index in [9.17, 15) is 9.59 Å². The average molecular weight is 487 g/mol. The molecule has 0 spiro atoms. The minimum Gasteiger partial charge on any atom is -0.493 e. The molecule has 2 amide bonds. The van der Waals surface area contributed by atoms with Crippen LogP contribution < -0.4 is 9.47 Å². The first-order valence-corrected chi connectivity index (χ1v) is 13.1. The third-order valence-electron chi connectivity index (χ3n) is 6.37. The van der Waals surface area contributed by atoms with Crippen molar-refractivity contribution in [2.45, 2.75) is 53.0 Å². The van der Waals surface area contributed by atoms with Gasteiger partial charge in [0.2, 0.25) is 11.8 Å². The molecule has 1 aromatic carbocycles. The SMILES string of the molecule is CC[C@H](C)CN(CC(=O)N1CCc2sccc2[C@H]1COc1ccccc1OC)C(=O)CC(C)C. The van der Waals surface area contributed by atoms with Gasteiger partial charge in [-0.15, -0.1) is 11.3 Å². The third kappa shape index (κ3) is 6.53. The number of amides is 2. The predicted octanol–water partition coefficient (Wildman–Crippen LogP) is 5.18. The fourth-order valence-corrected chi connectivity index (χ4v) is 5.20. The summed E-state index contributed by atoms with van der Waals surface area (Å²) in [6.07, 6.45) is 2.25. The van der Waals surface area contributed by atoms with Gasteiger partial charge in [-0.3, -0.25) is 9.59 Å². The van der Waals surface area contributed by atoms with E-state index in [-0.39, 0.29) is 30.3 Å². The minimum absolute atomic E-state index is 0.0223. The molecule has 0 bridgehead atoms. The minimum atomic E-state index is -0.196. The highest BCUT2D eigenvalue weighted by Crippen LogP contribution is 2.35. The van der Waals surface area contributed by atoms with Gasteiger partial charge in [-0.1, -0.05) is 46.2 Å². The van der Waals surface area contributed by atoms with Crippen molar-refractivity contribution in [1.29, 1.82) is 0 Å². The molecule has 0 saturated heterocycles. The molecule has 34 heavy (non-hydrogen) atoms. The maximum absolute atomic E-state index is 13.6. The van der Waals surface area contributed by atoms with E-state index in [1.807, 2.05) is 43.0 Å². The number of hydrogen-bond acceptors (Lipinski definition) is 5. The summed E-state index contributed by atoms with van der Waals surface area (Å²) >= 11 is 1.73. The Labute approximate surface area is 207 Å². The summed E-state index contributed by atoms with van der Waals surface area (Å²) < 4.78 is 11.6. The van der Waals surface area contributed by atoms with Crippen LogP contribution in [0.5, 0.6) is 11.5 Å². The number of carbonyl (C=O) groups excluding carboxylic acids is 2. The zero-order valence-electron chi connectivity index (χ0n) is 21.1. The Balaban J connectivity index is 1.79. The number of benzene rings is 1. The first-order chi connectivity index (χ1) is 16.3. The van der Waals surface area contributed by atoms with Crippen molar-refractivity contribution in [3.63, 3.8) is 0 Å². The molecule has 0 N–H and O–H groups in total. The van der Waals surface area contributed by atoms with Gasteiger partial charge in [-0.05, 0) is 47.4 Å². The number of carbonyl (C=O) groups is 2. The maximum atomic E-state index is 13.6. The number of para-hydroxylation sites is 2. The van der Waals surface area contributed by atoms with Crippen LogP contribution in [0.3, 0.4) is 0 Å². The molecule has 2 atom stereocenters. The standard InChI is InChI=1S/C27H38N2O4S/c1-6-20(4)16-28(26(30)15-19(2)3)17-27(31)29-13-11-25-21(12-14-34-25)22(29)18-33-24-10-8-7-9-23(24)32-5/h7-10,12,14,19-20,22H,6,11,13,15-18H2,1-5H3/t20-,22+/m0/s1. The van der Waals surface area contributed by atoms with E-state index in [2.05, 4.69) is 25.3 Å². The van der Waals surface area contributed by atoms with Crippen LogP contribution >= 0.6 is 11.3 Å². The number of hydrogen-bond donors (Lipinski definition) is 0. The van der Waals surface area contributed by atoms with Crippen molar-refractivity contribution < 1.29 is 19.1 Å². The Morgan fingerprint density at radius 2 is 1.91 bits per heavy atom. The summed E-state index contributed by atoms with van der Waals surface area (Å²) in [6.45, 7) is 10.00. The summed E-state index contributed by atoms with van der Waals surface area (Å²) in [7, 11) is 1.62. The molecule has 0 aliphatic carbocycles. The highest BCUT2D eigenvalue weighted by molar-refractivity contribution is 7.10. The molecular formula is C27H38N2O4S.